The number of likely N-dealkylation sites (tertiary alicyclic amines) is 1. The Labute approximate surface area is 174 Å². The Balaban J connectivity index is 1.45. The number of esters is 1. The maximum absolute atomic E-state index is 12.6. The van der Waals surface area contributed by atoms with E-state index >= 15 is 0 Å². The molecule has 29 heavy (non-hydrogen) atoms. The van der Waals surface area contributed by atoms with E-state index in [9.17, 15) is 18.0 Å². The minimum atomic E-state index is -3.43. The van der Waals surface area contributed by atoms with Crippen LogP contribution < -0.4 is 4.90 Å². The third-order valence-electron chi connectivity index (χ3n) is 5.26. The van der Waals surface area contributed by atoms with Gasteiger partial charge in [-0.2, -0.15) is 0 Å². The van der Waals surface area contributed by atoms with Gasteiger partial charge in [-0.05, 0) is 49.7 Å². The summed E-state index contributed by atoms with van der Waals surface area (Å²) in [7, 11) is -3.43. The third kappa shape index (κ3) is 4.28. The summed E-state index contributed by atoms with van der Waals surface area (Å²) < 4.78 is 32.7. The number of carbonyl (C=O) groups excluding carboxylic acids is 2. The first-order chi connectivity index (χ1) is 13.8. The van der Waals surface area contributed by atoms with Gasteiger partial charge in [0.15, 0.2) is 11.3 Å². The van der Waals surface area contributed by atoms with Crippen LogP contribution in [-0.2, 0) is 19.6 Å². The summed E-state index contributed by atoms with van der Waals surface area (Å²) in [5.74, 6) is -0.757. The number of hydrogen-bond acceptors (Lipinski definition) is 7. The van der Waals surface area contributed by atoms with Gasteiger partial charge in [0.05, 0.1) is 17.0 Å². The summed E-state index contributed by atoms with van der Waals surface area (Å²) in [5.41, 5.74) is 1.16. The topological polar surface area (TPSA) is 96.3 Å². The van der Waals surface area contributed by atoms with Crippen molar-refractivity contribution >= 4 is 44.5 Å². The van der Waals surface area contributed by atoms with E-state index in [0.717, 1.165) is 36.3 Å². The van der Waals surface area contributed by atoms with Crippen molar-refractivity contribution in [2.75, 3.05) is 30.3 Å². The van der Waals surface area contributed by atoms with Gasteiger partial charge in [0.25, 0.3) is 15.9 Å². The van der Waals surface area contributed by atoms with Crippen molar-refractivity contribution in [2.24, 2.45) is 4.40 Å². The lowest BCUT2D eigenvalue weighted by Crippen LogP contribution is -2.40. The quantitative estimate of drug-likeness (QED) is 0.669. The molecule has 0 bridgehead atoms. The van der Waals surface area contributed by atoms with Gasteiger partial charge in [-0.15, -0.1) is 4.40 Å². The molecule has 0 aromatic heterocycles. The lowest BCUT2D eigenvalue weighted by atomic mass is 10.2. The van der Waals surface area contributed by atoms with E-state index < -0.39 is 22.1 Å². The number of thioether (sulfide) groups is 1. The number of amides is 1. The number of ether oxygens (including phenoxy) is 1. The van der Waals surface area contributed by atoms with Crippen LogP contribution in [0.4, 0.5) is 5.69 Å². The molecule has 8 nitrogen and oxygen atoms in total. The Bertz CT molecular complexity index is 968. The Hall–Kier alpha value is -2.07. The molecule has 3 heterocycles. The lowest BCUT2D eigenvalue weighted by Gasteiger charge is -2.24. The normalized spacial score (nSPS) is 21.5. The lowest BCUT2D eigenvalue weighted by molar-refractivity contribution is -0.139. The third-order valence-corrected chi connectivity index (χ3v) is 7.56. The summed E-state index contributed by atoms with van der Waals surface area (Å²) >= 11 is 1.22. The van der Waals surface area contributed by atoms with Crippen molar-refractivity contribution in [3.05, 3.63) is 23.8 Å². The number of sulfonamides is 1. The molecule has 4 rings (SSSR count). The van der Waals surface area contributed by atoms with E-state index in [1.165, 1.54) is 11.8 Å². The van der Waals surface area contributed by atoms with Gasteiger partial charge in [-0.3, -0.25) is 4.79 Å². The maximum atomic E-state index is 12.6. The predicted octanol–water partition coefficient (Wildman–Crippen LogP) is 2.25. The maximum Gasteiger partial charge on any atom is 0.338 e. The molecule has 0 spiro atoms. The average Bonchev–Trinajstić information content (AvgIpc) is 2.84. The van der Waals surface area contributed by atoms with Crippen LogP contribution in [0.1, 0.15) is 43.0 Å². The number of amidine groups is 1. The molecule has 1 unspecified atom stereocenters. The molecule has 3 aliphatic heterocycles. The van der Waals surface area contributed by atoms with E-state index in [4.69, 9.17) is 4.74 Å². The molecule has 3 aliphatic rings. The van der Waals surface area contributed by atoms with Crippen LogP contribution in [0.15, 0.2) is 27.5 Å². The standard InChI is InChI=1S/C19H23N3O5S2/c1-13(17(23)21-8-4-2-3-5-9-21)27-18(24)14-6-7-15-16(12-14)28-19-20-29(25,26)11-10-22(15)19/h6-7,12-13H,2-5,8-11H2,1H3. The Morgan fingerprint density at radius 2 is 1.86 bits per heavy atom. The smallest absolute Gasteiger partial charge is 0.338 e. The molecule has 1 amide bonds. The van der Waals surface area contributed by atoms with Crippen molar-refractivity contribution in [1.29, 1.82) is 0 Å². The van der Waals surface area contributed by atoms with E-state index in [2.05, 4.69) is 4.40 Å². The number of anilines is 1. The van der Waals surface area contributed by atoms with E-state index in [1.807, 2.05) is 4.90 Å². The van der Waals surface area contributed by atoms with Crippen LogP contribution in [0, 0.1) is 0 Å². The molecule has 156 valence electrons. The van der Waals surface area contributed by atoms with Crippen LogP contribution in [-0.4, -0.2) is 61.9 Å². The summed E-state index contributed by atoms with van der Waals surface area (Å²) in [5, 5.41) is 0.404. The zero-order valence-electron chi connectivity index (χ0n) is 16.2. The van der Waals surface area contributed by atoms with Gasteiger partial charge in [0.2, 0.25) is 0 Å². The fraction of sp³-hybridized carbons (Fsp3) is 0.526. The van der Waals surface area contributed by atoms with Crippen molar-refractivity contribution in [3.8, 4) is 0 Å². The molecule has 1 aromatic rings. The first kappa shape index (κ1) is 20.2. The highest BCUT2D eigenvalue weighted by Gasteiger charge is 2.34. The zero-order valence-corrected chi connectivity index (χ0v) is 17.8. The van der Waals surface area contributed by atoms with Gasteiger partial charge >= 0.3 is 5.97 Å². The highest BCUT2D eigenvalue weighted by Crippen LogP contribution is 2.42. The minimum Gasteiger partial charge on any atom is -0.449 e. The van der Waals surface area contributed by atoms with E-state index in [1.54, 1.807) is 30.0 Å². The number of fused-ring (bicyclic) bond motifs is 3. The molecule has 0 aliphatic carbocycles. The summed E-state index contributed by atoms with van der Waals surface area (Å²) in [6, 6.07) is 5.07. The minimum absolute atomic E-state index is 0.0313. The summed E-state index contributed by atoms with van der Waals surface area (Å²) in [4.78, 5) is 29.6. The van der Waals surface area contributed by atoms with Gasteiger partial charge in [-0.25, -0.2) is 13.2 Å². The fourth-order valence-electron chi connectivity index (χ4n) is 3.68. The Kier molecular flexibility index (Phi) is 5.56. The largest absolute Gasteiger partial charge is 0.449 e. The molecule has 1 atom stereocenters. The molecule has 0 saturated carbocycles. The van der Waals surface area contributed by atoms with Crippen LogP contribution in [0.2, 0.25) is 0 Å². The average molecular weight is 438 g/mol. The summed E-state index contributed by atoms with van der Waals surface area (Å²) in [6.07, 6.45) is 3.35. The molecular weight excluding hydrogens is 414 g/mol. The van der Waals surface area contributed by atoms with Crippen molar-refractivity contribution < 1.29 is 22.7 Å². The number of nitrogens with zero attached hydrogens (tertiary/aromatic N) is 3. The number of carbonyl (C=O) groups is 2. The van der Waals surface area contributed by atoms with Gasteiger partial charge < -0.3 is 14.5 Å². The van der Waals surface area contributed by atoms with Crippen molar-refractivity contribution in [3.63, 3.8) is 0 Å². The Morgan fingerprint density at radius 1 is 1.14 bits per heavy atom. The monoisotopic (exact) mass is 437 g/mol. The van der Waals surface area contributed by atoms with E-state index in [-0.39, 0.29) is 11.7 Å². The molecule has 1 aromatic carbocycles. The van der Waals surface area contributed by atoms with Gasteiger partial charge in [0.1, 0.15) is 0 Å². The number of hydrogen-bond donors (Lipinski definition) is 0. The second-order valence-corrected chi connectivity index (χ2v) is 10.1. The second-order valence-electron chi connectivity index (χ2n) is 7.38. The molecule has 0 radical (unpaired) electrons. The predicted molar refractivity (Wildman–Crippen MR) is 111 cm³/mol. The number of benzene rings is 1. The summed E-state index contributed by atoms with van der Waals surface area (Å²) in [6.45, 7) is 3.35. The van der Waals surface area contributed by atoms with Crippen LogP contribution in [0.3, 0.4) is 0 Å². The van der Waals surface area contributed by atoms with Gasteiger partial charge in [0, 0.05) is 24.5 Å². The van der Waals surface area contributed by atoms with Crippen LogP contribution in [0.25, 0.3) is 0 Å². The molecule has 10 heteroatoms. The molecule has 1 fully saturated rings. The van der Waals surface area contributed by atoms with Crippen molar-refractivity contribution in [1.82, 2.24) is 4.90 Å². The van der Waals surface area contributed by atoms with E-state index in [0.29, 0.717) is 30.4 Å². The fourth-order valence-corrected chi connectivity index (χ4v) is 5.98. The first-order valence-electron chi connectivity index (χ1n) is 9.76. The van der Waals surface area contributed by atoms with Crippen LogP contribution in [0.5, 0.6) is 0 Å². The highest BCUT2D eigenvalue weighted by atomic mass is 32.2. The molecular formula is C19H23N3O5S2. The Morgan fingerprint density at radius 3 is 2.59 bits per heavy atom. The highest BCUT2D eigenvalue weighted by molar-refractivity contribution is 8.15. The molecule has 1 saturated heterocycles. The zero-order chi connectivity index (χ0) is 20.6. The SMILES string of the molecule is CC(OC(=O)c1ccc2c(c1)SC1=NS(=O)(=O)CCN12)C(=O)N1CCCCCC1. The van der Waals surface area contributed by atoms with Crippen molar-refractivity contribution in [2.45, 2.75) is 43.6 Å². The second kappa shape index (κ2) is 7.98. The van der Waals surface area contributed by atoms with Gasteiger partial charge in [-0.1, -0.05) is 12.8 Å². The van der Waals surface area contributed by atoms with Crippen LogP contribution >= 0.6 is 11.8 Å². The number of rotatable bonds is 3. The molecule has 0 N–H and O–H groups in total. The first-order valence-corrected chi connectivity index (χ1v) is 12.2.